The van der Waals surface area contributed by atoms with E-state index in [1.807, 2.05) is 6.92 Å². The predicted molar refractivity (Wildman–Crippen MR) is 72.7 cm³/mol. The van der Waals surface area contributed by atoms with Crippen molar-refractivity contribution in [3.63, 3.8) is 0 Å². The van der Waals surface area contributed by atoms with E-state index in [0.29, 0.717) is 17.3 Å². The average Bonchev–Trinajstić information content (AvgIpc) is 3.19. The lowest BCUT2D eigenvalue weighted by Gasteiger charge is -2.25. The third kappa shape index (κ3) is 3.05. The molecule has 1 aromatic rings. The molecule has 1 saturated carbocycles. The highest BCUT2D eigenvalue weighted by Crippen LogP contribution is 2.38. The Morgan fingerprint density at radius 2 is 2.05 bits per heavy atom. The lowest BCUT2D eigenvalue weighted by atomic mass is 10.0. The summed E-state index contributed by atoms with van der Waals surface area (Å²) < 4.78 is 0. The summed E-state index contributed by atoms with van der Waals surface area (Å²) in [5.74, 6) is -0.977. The number of benzene rings is 1. The molecular formula is C14H18N2O3. The van der Waals surface area contributed by atoms with Gasteiger partial charge in [0.2, 0.25) is 5.91 Å². The number of hydrogen-bond donors (Lipinski definition) is 2. The summed E-state index contributed by atoms with van der Waals surface area (Å²) in [5.41, 5.74) is 6.73. The van der Waals surface area contributed by atoms with Crippen LogP contribution in [0.1, 0.15) is 19.8 Å². The number of hydrogen-bond acceptors (Lipinski definition) is 3. The van der Waals surface area contributed by atoms with Crippen LogP contribution in [0, 0.1) is 11.8 Å². The van der Waals surface area contributed by atoms with Crippen LogP contribution in [0.2, 0.25) is 0 Å². The molecule has 2 rings (SSSR count). The number of amides is 1. The molecule has 0 aromatic heterocycles. The molecule has 19 heavy (non-hydrogen) atoms. The maximum atomic E-state index is 12.4. The minimum Gasteiger partial charge on any atom is -0.480 e. The molecule has 1 atom stereocenters. The number of nitrogen functional groups attached to an aromatic ring is 1. The summed E-state index contributed by atoms with van der Waals surface area (Å²) >= 11 is 0. The first-order valence-electron chi connectivity index (χ1n) is 6.38. The van der Waals surface area contributed by atoms with E-state index in [-0.39, 0.29) is 18.4 Å². The lowest BCUT2D eigenvalue weighted by molar-refractivity contribution is -0.137. The second-order valence-corrected chi connectivity index (χ2v) is 5.00. The second kappa shape index (κ2) is 5.30. The fourth-order valence-corrected chi connectivity index (χ4v) is 2.19. The van der Waals surface area contributed by atoms with Gasteiger partial charge in [0.05, 0.1) is 11.4 Å². The van der Waals surface area contributed by atoms with Crippen molar-refractivity contribution in [1.82, 2.24) is 0 Å². The largest absolute Gasteiger partial charge is 0.480 e. The van der Waals surface area contributed by atoms with E-state index in [1.54, 1.807) is 24.3 Å². The topological polar surface area (TPSA) is 83.6 Å². The number of aliphatic carboxylic acids is 1. The zero-order valence-electron chi connectivity index (χ0n) is 10.9. The summed E-state index contributed by atoms with van der Waals surface area (Å²) in [5, 5.41) is 8.99. The maximum Gasteiger partial charge on any atom is 0.323 e. The molecule has 3 N–H and O–H groups in total. The van der Waals surface area contributed by atoms with Crippen LogP contribution in [0.3, 0.4) is 0 Å². The summed E-state index contributed by atoms with van der Waals surface area (Å²) in [6.07, 6.45) is 2.08. The SMILES string of the molecule is CC(C(=O)N(CC(=O)O)c1ccccc1N)C1CC1. The fraction of sp³-hybridized carbons (Fsp3) is 0.429. The number of carboxylic acid groups (broad SMARTS) is 1. The number of carbonyl (C=O) groups is 2. The van der Waals surface area contributed by atoms with Gasteiger partial charge in [-0.25, -0.2) is 0 Å². The number of nitrogens with zero attached hydrogens (tertiary/aromatic N) is 1. The molecule has 1 aliphatic carbocycles. The Kier molecular flexibility index (Phi) is 3.74. The van der Waals surface area contributed by atoms with Gasteiger partial charge in [0, 0.05) is 5.92 Å². The number of anilines is 2. The molecule has 1 amide bonds. The Morgan fingerprint density at radius 3 is 2.58 bits per heavy atom. The van der Waals surface area contributed by atoms with Crippen LogP contribution in [0.25, 0.3) is 0 Å². The first-order valence-corrected chi connectivity index (χ1v) is 6.38. The Hall–Kier alpha value is -2.04. The van der Waals surface area contributed by atoms with Gasteiger partial charge in [-0.3, -0.25) is 14.5 Å². The van der Waals surface area contributed by atoms with Crippen LogP contribution in [0.15, 0.2) is 24.3 Å². The molecule has 5 nitrogen and oxygen atoms in total. The van der Waals surface area contributed by atoms with Gasteiger partial charge in [0.15, 0.2) is 0 Å². The highest BCUT2D eigenvalue weighted by Gasteiger charge is 2.36. The van der Waals surface area contributed by atoms with E-state index in [4.69, 9.17) is 10.8 Å². The van der Waals surface area contributed by atoms with Crippen LogP contribution in [0.5, 0.6) is 0 Å². The fourth-order valence-electron chi connectivity index (χ4n) is 2.19. The molecule has 0 heterocycles. The van der Waals surface area contributed by atoms with Crippen molar-refractivity contribution in [2.75, 3.05) is 17.2 Å². The summed E-state index contributed by atoms with van der Waals surface area (Å²) in [6.45, 7) is 1.50. The van der Waals surface area contributed by atoms with E-state index in [9.17, 15) is 9.59 Å². The van der Waals surface area contributed by atoms with Crippen molar-refractivity contribution < 1.29 is 14.7 Å². The van der Waals surface area contributed by atoms with Gasteiger partial charge in [-0.2, -0.15) is 0 Å². The smallest absolute Gasteiger partial charge is 0.323 e. The number of nitrogens with two attached hydrogens (primary N) is 1. The number of para-hydroxylation sites is 2. The third-order valence-electron chi connectivity index (χ3n) is 3.51. The van der Waals surface area contributed by atoms with Crippen molar-refractivity contribution >= 4 is 23.3 Å². The van der Waals surface area contributed by atoms with E-state index < -0.39 is 5.97 Å². The molecule has 1 aromatic carbocycles. The van der Waals surface area contributed by atoms with Gasteiger partial charge in [-0.1, -0.05) is 19.1 Å². The quantitative estimate of drug-likeness (QED) is 0.791. The molecule has 0 spiro atoms. The zero-order chi connectivity index (χ0) is 14.0. The van der Waals surface area contributed by atoms with Crippen molar-refractivity contribution in [3.05, 3.63) is 24.3 Å². The van der Waals surface area contributed by atoms with Crippen LogP contribution >= 0.6 is 0 Å². The molecule has 1 fully saturated rings. The van der Waals surface area contributed by atoms with Gasteiger partial charge < -0.3 is 10.8 Å². The third-order valence-corrected chi connectivity index (χ3v) is 3.51. The minimum atomic E-state index is -1.04. The Balaban J connectivity index is 2.27. The molecule has 0 radical (unpaired) electrons. The van der Waals surface area contributed by atoms with Gasteiger partial charge in [0.1, 0.15) is 6.54 Å². The molecule has 0 bridgehead atoms. The molecule has 1 aliphatic rings. The van der Waals surface area contributed by atoms with E-state index >= 15 is 0 Å². The molecule has 5 heteroatoms. The first kappa shape index (κ1) is 13.4. The van der Waals surface area contributed by atoms with E-state index in [1.165, 1.54) is 4.90 Å². The van der Waals surface area contributed by atoms with E-state index in [2.05, 4.69) is 0 Å². The molecule has 0 aliphatic heterocycles. The van der Waals surface area contributed by atoms with Gasteiger partial charge in [-0.15, -0.1) is 0 Å². The van der Waals surface area contributed by atoms with Crippen molar-refractivity contribution in [2.24, 2.45) is 11.8 Å². The monoisotopic (exact) mass is 262 g/mol. The highest BCUT2D eigenvalue weighted by molar-refractivity contribution is 6.01. The Bertz CT molecular complexity index is 497. The lowest BCUT2D eigenvalue weighted by Crippen LogP contribution is -2.40. The van der Waals surface area contributed by atoms with Crippen molar-refractivity contribution in [2.45, 2.75) is 19.8 Å². The van der Waals surface area contributed by atoms with Gasteiger partial charge in [-0.05, 0) is 30.9 Å². The minimum absolute atomic E-state index is 0.154. The maximum absolute atomic E-state index is 12.4. The number of rotatable bonds is 5. The zero-order valence-corrected chi connectivity index (χ0v) is 10.9. The first-order chi connectivity index (χ1) is 9.00. The summed E-state index contributed by atoms with van der Waals surface area (Å²) in [4.78, 5) is 24.7. The highest BCUT2D eigenvalue weighted by atomic mass is 16.4. The van der Waals surface area contributed by atoms with E-state index in [0.717, 1.165) is 12.8 Å². The molecule has 102 valence electrons. The number of carboxylic acids is 1. The van der Waals surface area contributed by atoms with Crippen molar-refractivity contribution in [3.8, 4) is 0 Å². The molecule has 1 unspecified atom stereocenters. The Morgan fingerprint density at radius 1 is 1.42 bits per heavy atom. The molecular weight excluding hydrogens is 244 g/mol. The normalized spacial score (nSPS) is 15.8. The van der Waals surface area contributed by atoms with Crippen LogP contribution in [-0.4, -0.2) is 23.5 Å². The van der Waals surface area contributed by atoms with Crippen LogP contribution in [0.4, 0.5) is 11.4 Å². The van der Waals surface area contributed by atoms with Gasteiger partial charge in [0.25, 0.3) is 0 Å². The second-order valence-electron chi connectivity index (χ2n) is 5.00. The van der Waals surface area contributed by atoms with Crippen LogP contribution < -0.4 is 10.6 Å². The summed E-state index contributed by atoms with van der Waals surface area (Å²) in [6, 6.07) is 6.84. The van der Waals surface area contributed by atoms with Crippen molar-refractivity contribution in [1.29, 1.82) is 0 Å². The van der Waals surface area contributed by atoms with Gasteiger partial charge >= 0.3 is 5.97 Å². The average molecular weight is 262 g/mol. The van der Waals surface area contributed by atoms with Crippen LogP contribution in [-0.2, 0) is 9.59 Å². The summed E-state index contributed by atoms with van der Waals surface area (Å²) in [7, 11) is 0. The number of carbonyl (C=O) groups excluding carboxylic acids is 1. The Labute approximate surface area is 112 Å². The molecule has 0 saturated heterocycles. The standard InChI is InChI=1S/C14H18N2O3/c1-9(10-6-7-10)14(19)16(8-13(17)18)12-5-3-2-4-11(12)15/h2-5,9-10H,6-8,15H2,1H3,(H,17,18). The predicted octanol–water partition coefficient (Wildman–Crippen LogP) is 1.73.